The van der Waals surface area contributed by atoms with Gasteiger partial charge in [0.1, 0.15) is 11.9 Å². The van der Waals surface area contributed by atoms with E-state index in [4.69, 9.17) is 16.3 Å². The molecule has 0 bridgehead atoms. The number of carbonyl (C=O) groups excluding carboxylic acids is 1. The fourth-order valence-electron chi connectivity index (χ4n) is 2.47. The van der Waals surface area contributed by atoms with Gasteiger partial charge in [-0.25, -0.2) is 0 Å². The van der Waals surface area contributed by atoms with Crippen LogP contribution in [0.2, 0.25) is 5.02 Å². The molecule has 2 heterocycles. The van der Waals surface area contributed by atoms with E-state index in [1.165, 1.54) is 0 Å². The number of benzene rings is 1. The number of ether oxygens (including phenoxy) is 1. The summed E-state index contributed by atoms with van der Waals surface area (Å²) in [4.78, 5) is 14.0. The number of nitrogens with zero attached hydrogens (tertiary/aromatic N) is 1. The van der Waals surface area contributed by atoms with Gasteiger partial charge in [-0.2, -0.15) is 0 Å². The Morgan fingerprint density at radius 1 is 1.35 bits per heavy atom. The van der Waals surface area contributed by atoms with Gasteiger partial charge in [-0.1, -0.05) is 23.7 Å². The predicted molar refractivity (Wildman–Crippen MR) is 80.7 cm³/mol. The fourth-order valence-corrected chi connectivity index (χ4v) is 2.65. The van der Waals surface area contributed by atoms with Gasteiger partial charge in [-0.3, -0.25) is 4.79 Å². The summed E-state index contributed by atoms with van der Waals surface area (Å²) >= 11 is 6.07. The van der Waals surface area contributed by atoms with Crippen LogP contribution in [-0.4, -0.2) is 43.1 Å². The van der Waals surface area contributed by atoms with Gasteiger partial charge in [-0.15, -0.1) is 12.4 Å². The summed E-state index contributed by atoms with van der Waals surface area (Å²) in [5.74, 6) is 1.12. The average molecular weight is 317 g/mol. The minimum Gasteiger partial charge on any atom is -0.487 e. The summed E-state index contributed by atoms with van der Waals surface area (Å²) in [6.07, 6.45) is 0.925. The maximum atomic E-state index is 12.1. The highest BCUT2D eigenvalue weighted by Crippen LogP contribution is 2.27. The van der Waals surface area contributed by atoms with Gasteiger partial charge in [0, 0.05) is 26.1 Å². The van der Waals surface area contributed by atoms with Crippen molar-refractivity contribution in [1.82, 2.24) is 10.2 Å². The first-order valence-corrected chi connectivity index (χ1v) is 7.02. The molecule has 4 nitrogen and oxygen atoms in total. The highest BCUT2D eigenvalue weighted by Gasteiger charge is 2.34. The van der Waals surface area contributed by atoms with Crippen LogP contribution in [0.25, 0.3) is 0 Å². The maximum absolute atomic E-state index is 12.1. The summed E-state index contributed by atoms with van der Waals surface area (Å²) < 4.78 is 5.88. The molecule has 2 aliphatic rings. The number of likely N-dealkylation sites (tertiary alicyclic amines) is 1. The molecule has 1 aromatic carbocycles. The summed E-state index contributed by atoms with van der Waals surface area (Å²) in [6, 6.07) is 7.46. The van der Waals surface area contributed by atoms with E-state index in [0.29, 0.717) is 17.3 Å². The van der Waals surface area contributed by atoms with Gasteiger partial charge >= 0.3 is 0 Å². The third kappa shape index (κ3) is 3.19. The van der Waals surface area contributed by atoms with Crippen molar-refractivity contribution >= 4 is 29.9 Å². The Morgan fingerprint density at radius 2 is 2.10 bits per heavy atom. The smallest absolute Gasteiger partial charge is 0.228 e. The molecule has 20 heavy (non-hydrogen) atoms. The lowest BCUT2D eigenvalue weighted by atomic mass is 10.0. The van der Waals surface area contributed by atoms with Crippen molar-refractivity contribution in [3.8, 4) is 5.75 Å². The number of hydrogen-bond donors (Lipinski definition) is 1. The molecule has 1 amide bonds. The van der Waals surface area contributed by atoms with Crippen molar-refractivity contribution < 1.29 is 9.53 Å². The Bertz CT molecular complexity index is 480. The summed E-state index contributed by atoms with van der Waals surface area (Å²) in [5.41, 5.74) is 0. The molecule has 0 radical (unpaired) electrons. The molecule has 2 aliphatic heterocycles. The largest absolute Gasteiger partial charge is 0.487 e. The van der Waals surface area contributed by atoms with Crippen LogP contribution in [0.15, 0.2) is 24.3 Å². The SMILES string of the molecule is Cl.O=C(C1CNC1)N1CCC(Oc2ccccc2Cl)C1. The standard InChI is InChI=1S/C14H17ClN2O2.ClH/c15-12-3-1-2-4-13(12)19-11-5-6-17(9-11)14(18)10-7-16-8-10;/h1-4,10-11,16H,5-9H2;1H. The molecule has 3 rings (SSSR count). The second kappa shape index (κ2) is 6.66. The third-order valence-electron chi connectivity index (χ3n) is 3.72. The van der Waals surface area contributed by atoms with E-state index in [1.54, 1.807) is 0 Å². The number of nitrogens with one attached hydrogen (secondary N) is 1. The topological polar surface area (TPSA) is 41.6 Å². The van der Waals surface area contributed by atoms with Crippen molar-refractivity contribution in [2.24, 2.45) is 5.92 Å². The molecular formula is C14H18Cl2N2O2. The zero-order valence-corrected chi connectivity index (χ0v) is 12.6. The first-order chi connectivity index (χ1) is 9.24. The van der Waals surface area contributed by atoms with E-state index in [1.807, 2.05) is 29.2 Å². The van der Waals surface area contributed by atoms with Crippen molar-refractivity contribution in [3.63, 3.8) is 0 Å². The number of carbonyl (C=O) groups is 1. The van der Waals surface area contributed by atoms with Crippen molar-refractivity contribution in [2.45, 2.75) is 12.5 Å². The fraction of sp³-hybridized carbons (Fsp3) is 0.500. The van der Waals surface area contributed by atoms with Crippen LogP contribution >= 0.6 is 24.0 Å². The molecule has 1 atom stereocenters. The Balaban J connectivity index is 0.00000147. The van der Waals surface area contributed by atoms with Crippen molar-refractivity contribution in [1.29, 1.82) is 0 Å². The monoisotopic (exact) mass is 316 g/mol. The van der Waals surface area contributed by atoms with Crippen molar-refractivity contribution in [3.05, 3.63) is 29.3 Å². The van der Waals surface area contributed by atoms with Crippen molar-refractivity contribution in [2.75, 3.05) is 26.2 Å². The second-order valence-electron chi connectivity index (χ2n) is 5.10. The van der Waals surface area contributed by atoms with E-state index >= 15 is 0 Å². The van der Waals surface area contributed by atoms with Crippen LogP contribution in [-0.2, 0) is 4.79 Å². The summed E-state index contributed by atoms with van der Waals surface area (Å²) in [7, 11) is 0. The number of amides is 1. The molecule has 0 aromatic heterocycles. The van der Waals surface area contributed by atoms with E-state index in [2.05, 4.69) is 5.32 Å². The summed E-state index contributed by atoms with van der Waals surface area (Å²) in [6.45, 7) is 3.07. The average Bonchev–Trinajstić information content (AvgIpc) is 2.78. The lowest BCUT2D eigenvalue weighted by molar-refractivity contribution is -0.136. The lowest BCUT2D eigenvalue weighted by Crippen LogP contribution is -2.51. The molecule has 2 fully saturated rings. The molecule has 0 saturated carbocycles. The highest BCUT2D eigenvalue weighted by molar-refractivity contribution is 6.32. The van der Waals surface area contributed by atoms with E-state index in [0.717, 1.165) is 26.1 Å². The van der Waals surface area contributed by atoms with E-state index in [9.17, 15) is 4.79 Å². The minimum absolute atomic E-state index is 0. The normalized spacial score (nSPS) is 22.1. The Labute approximate surface area is 129 Å². The highest BCUT2D eigenvalue weighted by atomic mass is 35.5. The van der Waals surface area contributed by atoms with Gasteiger partial charge < -0.3 is 15.0 Å². The number of halogens is 2. The van der Waals surface area contributed by atoms with Gasteiger partial charge in [0.2, 0.25) is 5.91 Å². The quantitative estimate of drug-likeness (QED) is 0.927. The number of hydrogen-bond acceptors (Lipinski definition) is 3. The zero-order valence-electron chi connectivity index (χ0n) is 11.0. The van der Waals surface area contributed by atoms with Crippen LogP contribution < -0.4 is 10.1 Å². The van der Waals surface area contributed by atoms with Gasteiger partial charge in [0.25, 0.3) is 0 Å². The molecule has 6 heteroatoms. The van der Waals surface area contributed by atoms with Crippen LogP contribution in [0.3, 0.4) is 0 Å². The van der Waals surface area contributed by atoms with Gasteiger partial charge in [0.15, 0.2) is 0 Å². The minimum atomic E-state index is 0. The van der Waals surface area contributed by atoms with Gasteiger partial charge in [0.05, 0.1) is 17.5 Å². The maximum Gasteiger partial charge on any atom is 0.228 e. The van der Waals surface area contributed by atoms with Crippen LogP contribution in [0.4, 0.5) is 0 Å². The number of para-hydroxylation sites is 1. The lowest BCUT2D eigenvalue weighted by Gasteiger charge is -2.30. The number of rotatable bonds is 3. The molecule has 0 spiro atoms. The molecule has 1 N–H and O–H groups in total. The zero-order chi connectivity index (χ0) is 13.2. The molecular weight excluding hydrogens is 299 g/mol. The first kappa shape index (κ1) is 15.4. The van der Waals surface area contributed by atoms with E-state index < -0.39 is 0 Å². The van der Waals surface area contributed by atoms with Crippen LogP contribution in [0.5, 0.6) is 5.75 Å². The van der Waals surface area contributed by atoms with Crippen LogP contribution in [0, 0.1) is 5.92 Å². The second-order valence-corrected chi connectivity index (χ2v) is 5.51. The molecule has 2 saturated heterocycles. The Morgan fingerprint density at radius 3 is 2.75 bits per heavy atom. The molecule has 1 aromatic rings. The molecule has 1 unspecified atom stereocenters. The summed E-state index contributed by atoms with van der Waals surface area (Å²) in [5, 5.41) is 3.75. The molecule has 110 valence electrons. The van der Waals surface area contributed by atoms with Crippen LogP contribution in [0.1, 0.15) is 6.42 Å². The molecule has 0 aliphatic carbocycles. The predicted octanol–water partition coefficient (Wildman–Crippen LogP) is 1.96. The van der Waals surface area contributed by atoms with Gasteiger partial charge in [-0.05, 0) is 12.1 Å². The first-order valence-electron chi connectivity index (χ1n) is 6.65. The Hall–Kier alpha value is -0.970. The third-order valence-corrected chi connectivity index (χ3v) is 4.03. The van der Waals surface area contributed by atoms with E-state index in [-0.39, 0.29) is 30.3 Å². The Kier molecular flexibility index (Phi) is 5.13.